The molecule has 11 heteroatoms. The molecule has 0 bridgehead atoms. The van der Waals surface area contributed by atoms with Gasteiger partial charge in [0.25, 0.3) is 0 Å². The van der Waals surface area contributed by atoms with Crippen LogP contribution in [0.15, 0.2) is 34.2 Å². The third kappa shape index (κ3) is 6.29. The van der Waals surface area contributed by atoms with Gasteiger partial charge in [0.05, 0.1) is 16.8 Å². The van der Waals surface area contributed by atoms with Crippen molar-refractivity contribution in [3.05, 3.63) is 29.8 Å². The van der Waals surface area contributed by atoms with E-state index in [0.29, 0.717) is 19.5 Å². The molecule has 1 saturated heterocycles. The molecule has 0 radical (unpaired) electrons. The monoisotopic (exact) mass is 411 g/mol. The van der Waals surface area contributed by atoms with E-state index in [9.17, 15) is 18.0 Å². The molecule has 0 spiro atoms. The molecule has 2 rings (SSSR count). The van der Waals surface area contributed by atoms with Crippen molar-refractivity contribution in [3.63, 3.8) is 0 Å². The summed E-state index contributed by atoms with van der Waals surface area (Å²) < 4.78 is 26.7. The predicted octanol–water partition coefficient (Wildman–Crippen LogP) is -0.747. The fourth-order valence-corrected chi connectivity index (χ4v) is 3.62. The largest absolute Gasteiger partial charge is 0.480 e. The summed E-state index contributed by atoms with van der Waals surface area (Å²) in [5.41, 5.74) is 6.76. The first-order chi connectivity index (χ1) is 13.2. The zero-order valence-corrected chi connectivity index (χ0v) is 16.4. The highest BCUT2D eigenvalue weighted by molar-refractivity contribution is 7.89. The summed E-state index contributed by atoms with van der Waals surface area (Å²) >= 11 is 0. The van der Waals surface area contributed by atoms with Crippen LogP contribution in [0, 0.1) is 6.92 Å². The molecule has 1 atom stereocenters. The Kier molecular flexibility index (Phi) is 7.49. The van der Waals surface area contributed by atoms with Gasteiger partial charge in [-0.1, -0.05) is 17.7 Å². The molecule has 1 fully saturated rings. The number of amides is 1. The van der Waals surface area contributed by atoms with Crippen molar-refractivity contribution in [1.29, 1.82) is 0 Å². The van der Waals surface area contributed by atoms with E-state index in [2.05, 4.69) is 15.0 Å². The molecule has 1 aliphatic rings. The zero-order valence-electron chi connectivity index (χ0n) is 15.6. The van der Waals surface area contributed by atoms with Crippen molar-refractivity contribution in [2.75, 3.05) is 26.3 Å². The third-order valence-electron chi connectivity index (χ3n) is 4.27. The molecule has 28 heavy (non-hydrogen) atoms. The van der Waals surface area contributed by atoms with Crippen LogP contribution in [-0.2, 0) is 19.6 Å². The maximum atomic E-state index is 12.2. The summed E-state index contributed by atoms with van der Waals surface area (Å²) in [6.45, 7) is 2.16. The van der Waals surface area contributed by atoms with Gasteiger partial charge in [0.15, 0.2) is 0 Å². The Morgan fingerprint density at radius 1 is 1.39 bits per heavy atom. The fraction of sp³-hybridized carbons (Fsp3) is 0.471. The fourth-order valence-electron chi connectivity index (χ4n) is 2.73. The van der Waals surface area contributed by atoms with Gasteiger partial charge in [-0.15, -0.1) is 0 Å². The molecule has 0 saturated carbocycles. The number of amidine groups is 1. The topological polar surface area (TPSA) is 154 Å². The number of hydrogen-bond acceptors (Lipinski definition) is 6. The number of carbonyl (C=O) groups excluding carboxylic acids is 1. The Balaban J connectivity index is 1.83. The second-order valence-electron chi connectivity index (χ2n) is 6.47. The number of aliphatic carboxylic acids is 1. The molecule has 1 aliphatic heterocycles. The Morgan fingerprint density at radius 2 is 2.07 bits per heavy atom. The van der Waals surface area contributed by atoms with Crippen LogP contribution >= 0.6 is 0 Å². The van der Waals surface area contributed by atoms with E-state index in [-0.39, 0.29) is 36.3 Å². The summed E-state index contributed by atoms with van der Waals surface area (Å²) in [6.07, 6.45) is 0.617. The van der Waals surface area contributed by atoms with Crippen molar-refractivity contribution < 1.29 is 23.1 Å². The highest BCUT2D eigenvalue weighted by atomic mass is 32.2. The van der Waals surface area contributed by atoms with Crippen molar-refractivity contribution in [3.8, 4) is 0 Å². The summed E-state index contributed by atoms with van der Waals surface area (Å²) in [5.74, 6) is -1.14. The van der Waals surface area contributed by atoms with Crippen molar-refractivity contribution in [2.45, 2.75) is 30.7 Å². The molecular weight excluding hydrogens is 386 g/mol. The molecule has 1 aromatic carbocycles. The second kappa shape index (κ2) is 9.62. The van der Waals surface area contributed by atoms with E-state index >= 15 is 0 Å². The minimum Gasteiger partial charge on any atom is -0.480 e. The first-order valence-electron chi connectivity index (χ1n) is 8.78. The number of nitrogens with two attached hydrogens (primary N) is 1. The van der Waals surface area contributed by atoms with Crippen molar-refractivity contribution >= 4 is 27.7 Å². The van der Waals surface area contributed by atoms with Gasteiger partial charge in [-0.3, -0.25) is 14.6 Å². The average molecular weight is 411 g/mol. The number of sulfonamides is 1. The number of benzene rings is 1. The number of aryl methyl sites for hydroxylation is 1. The lowest BCUT2D eigenvalue weighted by Gasteiger charge is -2.32. The molecule has 0 aliphatic carbocycles. The number of nitrogens with zero attached hydrogens (tertiary/aromatic N) is 2. The normalized spacial score (nSPS) is 18.3. The molecule has 1 heterocycles. The van der Waals surface area contributed by atoms with E-state index in [0.717, 1.165) is 5.56 Å². The lowest BCUT2D eigenvalue weighted by Crippen LogP contribution is -2.56. The maximum Gasteiger partial charge on any atom is 0.323 e. The number of nitrogens with one attached hydrogen (secondary N) is 2. The Morgan fingerprint density at radius 3 is 2.71 bits per heavy atom. The molecule has 154 valence electrons. The van der Waals surface area contributed by atoms with Crippen LogP contribution < -0.4 is 15.8 Å². The molecule has 1 aromatic rings. The first kappa shape index (κ1) is 21.8. The number of hydrogen-bond donors (Lipinski definition) is 4. The third-order valence-corrected chi connectivity index (χ3v) is 5.67. The van der Waals surface area contributed by atoms with Crippen LogP contribution in [0.3, 0.4) is 0 Å². The molecular formula is C17H25N5O5S. The van der Waals surface area contributed by atoms with Gasteiger partial charge in [0.1, 0.15) is 13.2 Å². The van der Waals surface area contributed by atoms with Crippen molar-refractivity contribution in [2.24, 2.45) is 10.7 Å². The van der Waals surface area contributed by atoms with E-state index in [1.54, 1.807) is 12.1 Å². The van der Waals surface area contributed by atoms with Gasteiger partial charge in [0, 0.05) is 19.5 Å². The summed E-state index contributed by atoms with van der Waals surface area (Å²) in [5, 5.41) is 11.9. The summed E-state index contributed by atoms with van der Waals surface area (Å²) in [4.78, 5) is 28.4. The Bertz CT molecular complexity index is 838. The Labute approximate surface area is 163 Å². The first-order valence-corrected chi connectivity index (χ1v) is 10.3. The van der Waals surface area contributed by atoms with Crippen LogP contribution in [0.2, 0.25) is 0 Å². The minimum atomic E-state index is -3.68. The molecule has 1 amide bonds. The van der Waals surface area contributed by atoms with Gasteiger partial charge in [-0.2, -0.15) is 4.72 Å². The second-order valence-corrected chi connectivity index (χ2v) is 8.23. The highest BCUT2D eigenvalue weighted by Gasteiger charge is 2.29. The van der Waals surface area contributed by atoms with E-state index in [1.807, 2.05) is 6.92 Å². The molecule has 0 aromatic heterocycles. The van der Waals surface area contributed by atoms with Crippen LogP contribution in [0.1, 0.15) is 18.4 Å². The van der Waals surface area contributed by atoms with Crippen LogP contribution in [0.25, 0.3) is 0 Å². The number of piperazine rings is 1. The lowest BCUT2D eigenvalue weighted by molar-refractivity contribution is -0.146. The molecule has 0 unspecified atom stereocenters. The zero-order chi connectivity index (χ0) is 20.7. The Hall–Kier alpha value is -2.50. The van der Waals surface area contributed by atoms with Crippen LogP contribution in [-0.4, -0.2) is 68.5 Å². The van der Waals surface area contributed by atoms with E-state index in [1.165, 1.54) is 17.0 Å². The lowest BCUT2D eigenvalue weighted by atomic mass is 10.1. The van der Waals surface area contributed by atoms with E-state index < -0.39 is 22.0 Å². The predicted molar refractivity (Wildman–Crippen MR) is 103 cm³/mol. The number of carbonyl (C=O) groups is 2. The number of carboxylic acids is 1. The molecule has 10 nitrogen and oxygen atoms in total. The minimum absolute atomic E-state index is 0.141. The van der Waals surface area contributed by atoms with Gasteiger partial charge < -0.3 is 21.1 Å². The van der Waals surface area contributed by atoms with Gasteiger partial charge >= 0.3 is 5.97 Å². The van der Waals surface area contributed by atoms with Crippen molar-refractivity contribution in [1.82, 2.24) is 14.9 Å². The summed E-state index contributed by atoms with van der Waals surface area (Å²) in [6, 6.07) is 5.88. The number of rotatable bonds is 9. The quantitative estimate of drug-likeness (QED) is 0.308. The van der Waals surface area contributed by atoms with Gasteiger partial charge in [0.2, 0.25) is 15.9 Å². The SMILES string of the molecule is Cc1ccc(S(=O)(=O)NC/N=C(\N)CC[C@@H]2NCCN(CC(=O)O)C2=O)cc1. The van der Waals surface area contributed by atoms with Crippen LogP contribution in [0.4, 0.5) is 0 Å². The number of aliphatic imine (C=N–C) groups is 1. The average Bonchev–Trinajstić information content (AvgIpc) is 2.62. The highest BCUT2D eigenvalue weighted by Crippen LogP contribution is 2.10. The molecule has 5 N–H and O–H groups in total. The maximum absolute atomic E-state index is 12.2. The smallest absolute Gasteiger partial charge is 0.323 e. The number of carboxylic acid groups (broad SMARTS) is 1. The van der Waals surface area contributed by atoms with Crippen LogP contribution in [0.5, 0.6) is 0 Å². The van der Waals surface area contributed by atoms with Gasteiger partial charge in [-0.05, 0) is 25.5 Å². The van der Waals surface area contributed by atoms with Gasteiger partial charge in [-0.25, -0.2) is 8.42 Å². The standard InChI is InChI=1S/C17H25N5O5S/c1-12-2-4-13(5-3-12)28(26,27)21-11-20-15(18)7-6-14-17(25)22(9-8-19-14)10-16(23)24/h2-5,14,19,21H,6-11H2,1H3,(H2,18,20)(H,23,24)/t14-/m0/s1. The summed E-state index contributed by atoms with van der Waals surface area (Å²) in [7, 11) is -3.68. The van der Waals surface area contributed by atoms with E-state index in [4.69, 9.17) is 10.8 Å².